The molecular formula is C14H17N3. The van der Waals surface area contributed by atoms with E-state index in [2.05, 4.69) is 34.3 Å². The lowest BCUT2D eigenvalue weighted by molar-refractivity contribution is 0.187. The average Bonchev–Trinajstić information content (AvgIpc) is 2.70. The molecule has 1 saturated carbocycles. The second kappa shape index (κ2) is 4.08. The van der Waals surface area contributed by atoms with Gasteiger partial charge >= 0.3 is 0 Å². The van der Waals surface area contributed by atoms with E-state index >= 15 is 0 Å². The number of hydrogen-bond acceptors (Lipinski definition) is 1. The predicted molar refractivity (Wildman–Crippen MR) is 67.7 cm³/mol. The number of fused-ring (bicyclic) bond motifs is 1. The molecule has 3 rings (SSSR count). The molecule has 1 aromatic carbocycles. The highest BCUT2D eigenvalue weighted by molar-refractivity contribution is 5.34. The topological polar surface area (TPSA) is 48.8 Å². The van der Waals surface area contributed by atoms with Crippen LogP contribution in [0.25, 0.3) is 10.4 Å². The Morgan fingerprint density at radius 2 is 1.71 bits per heavy atom. The van der Waals surface area contributed by atoms with Crippen LogP contribution in [-0.4, -0.2) is 6.04 Å². The first-order chi connectivity index (χ1) is 8.31. The van der Waals surface area contributed by atoms with E-state index in [0.717, 1.165) is 12.8 Å². The minimum Gasteiger partial charge on any atom is -0.0906 e. The van der Waals surface area contributed by atoms with Crippen LogP contribution in [0, 0.1) is 5.41 Å². The molecule has 0 aliphatic heterocycles. The Morgan fingerprint density at radius 1 is 1.12 bits per heavy atom. The van der Waals surface area contributed by atoms with Crippen molar-refractivity contribution in [3.8, 4) is 0 Å². The molecule has 0 saturated heterocycles. The van der Waals surface area contributed by atoms with Crippen molar-refractivity contribution in [2.75, 3.05) is 0 Å². The normalized spacial score (nSPS) is 22.1. The molecule has 1 spiro atoms. The van der Waals surface area contributed by atoms with Gasteiger partial charge in [-0.3, -0.25) is 0 Å². The number of benzene rings is 1. The van der Waals surface area contributed by atoms with E-state index in [4.69, 9.17) is 5.53 Å². The fourth-order valence-corrected chi connectivity index (χ4v) is 3.53. The molecule has 0 atom stereocenters. The zero-order chi connectivity index (χ0) is 11.7. The van der Waals surface area contributed by atoms with Crippen LogP contribution in [0.2, 0.25) is 0 Å². The number of azide groups is 1. The van der Waals surface area contributed by atoms with Crippen LogP contribution in [0.1, 0.15) is 36.8 Å². The Bertz CT molecular complexity index is 439. The molecule has 0 aromatic heterocycles. The minimum absolute atomic E-state index is 0.245. The smallest absolute Gasteiger partial charge is 0.0374 e. The lowest BCUT2D eigenvalue weighted by atomic mass is 9.71. The Morgan fingerprint density at radius 3 is 2.24 bits per heavy atom. The monoisotopic (exact) mass is 227 g/mol. The van der Waals surface area contributed by atoms with Gasteiger partial charge in [0.1, 0.15) is 0 Å². The molecule has 0 heterocycles. The molecule has 0 amide bonds. The van der Waals surface area contributed by atoms with Crippen LogP contribution < -0.4 is 0 Å². The Kier molecular flexibility index (Phi) is 2.56. The van der Waals surface area contributed by atoms with Crippen molar-refractivity contribution in [1.82, 2.24) is 0 Å². The van der Waals surface area contributed by atoms with E-state index in [0.29, 0.717) is 5.41 Å². The van der Waals surface area contributed by atoms with E-state index in [1.807, 2.05) is 0 Å². The lowest BCUT2D eigenvalue weighted by Gasteiger charge is -2.35. The van der Waals surface area contributed by atoms with Crippen LogP contribution in [0.5, 0.6) is 0 Å². The fourth-order valence-electron chi connectivity index (χ4n) is 3.53. The maximum absolute atomic E-state index is 8.48. The fraction of sp³-hybridized carbons (Fsp3) is 0.571. The summed E-state index contributed by atoms with van der Waals surface area (Å²) >= 11 is 0. The van der Waals surface area contributed by atoms with Gasteiger partial charge in [0.2, 0.25) is 0 Å². The van der Waals surface area contributed by atoms with Gasteiger partial charge in [0.15, 0.2) is 0 Å². The quantitative estimate of drug-likeness (QED) is 0.395. The molecule has 3 nitrogen and oxygen atoms in total. The molecule has 2 aliphatic rings. The molecule has 3 heteroatoms. The summed E-state index contributed by atoms with van der Waals surface area (Å²) in [5, 5.41) is 3.87. The van der Waals surface area contributed by atoms with Crippen molar-refractivity contribution in [2.24, 2.45) is 10.5 Å². The van der Waals surface area contributed by atoms with Crippen molar-refractivity contribution >= 4 is 0 Å². The van der Waals surface area contributed by atoms with Crippen LogP contribution in [0.15, 0.2) is 29.4 Å². The lowest BCUT2D eigenvalue weighted by Crippen LogP contribution is -2.29. The molecule has 17 heavy (non-hydrogen) atoms. The van der Waals surface area contributed by atoms with Crippen molar-refractivity contribution in [3.63, 3.8) is 0 Å². The van der Waals surface area contributed by atoms with E-state index in [-0.39, 0.29) is 6.04 Å². The third-order valence-corrected chi connectivity index (χ3v) is 4.48. The first-order valence-electron chi connectivity index (χ1n) is 6.42. The summed E-state index contributed by atoms with van der Waals surface area (Å²) in [6.07, 6.45) is 7.02. The Balaban J connectivity index is 1.74. The summed E-state index contributed by atoms with van der Waals surface area (Å²) in [4.78, 5) is 2.94. The van der Waals surface area contributed by atoms with Gasteiger partial charge in [-0.15, -0.1) is 0 Å². The van der Waals surface area contributed by atoms with Gasteiger partial charge < -0.3 is 0 Å². The maximum Gasteiger partial charge on any atom is 0.0374 e. The summed E-state index contributed by atoms with van der Waals surface area (Å²) in [5.41, 5.74) is 12.0. The van der Waals surface area contributed by atoms with Gasteiger partial charge in [-0.05, 0) is 60.6 Å². The number of hydrogen-bond donors (Lipinski definition) is 0. The third kappa shape index (κ3) is 1.91. The van der Waals surface area contributed by atoms with Crippen molar-refractivity contribution in [2.45, 2.75) is 44.6 Å². The zero-order valence-corrected chi connectivity index (χ0v) is 9.97. The van der Waals surface area contributed by atoms with E-state index in [9.17, 15) is 0 Å². The summed E-state index contributed by atoms with van der Waals surface area (Å²) in [6, 6.07) is 9.06. The molecule has 0 radical (unpaired) electrons. The number of nitrogens with zero attached hydrogens (tertiary/aromatic N) is 3. The summed E-state index contributed by atoms with van der Waals surface area (Å²) in [5.74, 6) is 0. The highest BCUT2D eigenvalue weighted by Crippen LogP contribution is 2.47. The standard InChI is InChI=1S/C14H17N3/c15-17-16-13-5-7-14(8-6-13)9-11-3-1-2-4-12(11)10-14/h1-4,13H,5-10H2. The van der Waals surface area contributed by atoms with Gasteiger partial charge in [0.05, 0.1) is 0 Å². The van der Waals surface area contributed by atoms with Gasteiger partial charge in [-0.2, -0.15) is 0 Å². The molecule has 0 N–H and O–H groups in total. The summed E-state index contributed by atoms with van der Waals surface area (Å²) in [7, 11) is 0. The van der Waals surface area contributed by atoms with Gasteiger partial charge in [-0.1, -0.05) is 29.4 Å². The van der Waals surface area contributed by atoms with Crippen molar-refractivity contribution in [1.29, 1.82) is 0 Å². The summed E-state index contributed by atoms with van der Waals surface area (Å²) in [6.45, 7) is 0. The van der Waals surface area contributed by atoms with E-state index in [1.165, 1.54) is 36.8 Å². The van der Waals surface area contributed by atoms with Gasteiger partial charge in [-0.25, -0.2) is 0 Å². The first kappa shape index (κ1) is 10.7. The molecule has 88 valence electrons. The molecule has 1 aromatic rings. The van der Waals surface area contributed by atoms with Crippen molar-refractivity contribution in [3.05, 3.63) is 45.8 Å². The van der Waals surface area contributed by atoms with Crippen molar-refractivity contribution < 1.29 is 0 Å². The minimum atomic E-state index is 0.245. The van der Waals surface area contributed by atoms with Crippen LogP contribution in [-0.2, 0) is 12.8 Å². The van der Waals surface area contributed by atoms with Gasteiger partial charge in [0.25, 0.3) is 0 Å². The molecular weight excluding hydrogens is 210 g/mol. The van der Waals surface area contributed by atoms with E-state index in [1.54, 1.807) is 0 Å². The average molecular weight is 227 g/mol. The first-order valence-corrected chi connectivity index (χ1v) is 6.42. The predicted octanol–water partition coefficient (Wildman–Crippen LogP) is 4.02. The maximum atomic E-state index is 8.48. The second-order valence-corrected chi connectivity index (χ2v) is 5.56. The SMILES string of the molecule is [N-]=[N+]=NC1CCC2(CC1)Cc1ccccc1C2. The van der Waals surface area contributed by atoms with E-state index < -0.39 is 0 Å². The molecule has 1 fully saturated rings. The zero-order valence-electron chi connectivity index (χ0n) is 9.97. The molecule has 0 bridgehead atoms. The third-order valence-electron chi connectivity index (χ3n) is 4.48. The molecule has 0 unspecified atom stereocenters. The van der Waals surface area contributed by atoms with Crippen LogP contribution in [0.3, 0.4) is 0 Å². The van der Waals surface area contributed by atoms with Crippen LogP contribution >= 0.6 is 0 Å². The summed E-state index contributed by atoms with van der Waals surface area (Å²) < 4.78 is 0. The Hall–Kier alpha value is -1.47. The highest BCUT2D eigenvalue weighted by Gasteiger charge is 2.39. The Labute approximate surface area is 101 Å². The van der Waals surface area contributed by atoms with Gasteiger partial charge in [0, 0.05) is 11.0 Å². The highest BCUT2D eigenvalue weighted by atomic mass is 15.1. The molecule has 2 aliphatic carbocycles. The van der Waals surface area contributed by atoms with Crippen LogP contribution in [0.4, 0.5) is 0 Å². The number of rotatable bonds is 1. The second-order valence-electron chi connectivity index (χ2n) is 5.56. The largest absolute Gasteiger partial charge is 0.0906 e.